The van der Waals surface area contributed by atoms with Crippen LogP contribution in [0.1, 0.15) is 5.56 Å². The van der Waals surface area contributed by atoms with Crippen LogP contribution in [0.2, 0.25) is 5.02 Å². The molecule has 4 rings (SSSR count). The van der Waals surface area contributed by atoms with E-state index in [0.717, 1.165) is 18.2 Å². The number of para-hydroxylation sites is 1. The van der Waals surface area contributed by atoms with Crippen molar-refractivity contribution in [3.8, 4) is 17.3 Å². The van der Waals surface area contributed by atoms with Crippen molar-refractivity contribution in [3.05, 3.63) is 89.2 Å². The number of hydrogen-bond donors (Lipinski definition) is 0. The van der Waals surface area contributed by atoms with Gasteiger partial charge in [-0.05, 0) is 42.5 Å². The zero-order valence-corrected chi connectivity index (χ0v) is 16.4. The molecule has 142 valence electrons. The van der Waals surface area contributed by atoms with Gasteiger partial charge in [-0.2, -0.15) is 5.26 Å². The first-order chi connectivity index (χ1) is 13.9. The molecule has 4 aromatic rings. The summed E-state index contributed by atoms with van der Waals surface area (Å²) in [4.78, 5) is 4.15. The van der Waals surface area contributed by atoms with Crippen LogP contribution in [0.5, 0.6) is 0 Å². The van der Waals surface area contributed by atoms with Crippen LogP contribution in [0.3, 0.4) is 0 Å². The summed E-state index contributed by atoms with van der Waals surface area (Å²) >= 11 is 6.09. The third-order valence-corrected chi connectivity index (χ3v) is 6.37. The lowest BCUT2D eigenvalue weighted by molar-refractivity contribution is 0.590. The van der Waals surface area contributed by atoms with Gasteiger partial charge in [-0.15, -0.1) is 0 Å². The van der Waals surface area contributed by atoms with E-state index in [2.05, 4.69) is 4.98 Å². The molecule has 0 N–H and O–H groups in total. The Kier molecular flexibility index (Phi) is 4.79. The highest BCUT2D eigenvalue weighted by atomic mass is 35.5. The predicted molar refractivity (Wildman–Crippen MR) is 109 cm³/mol. The number of hydrogen-bond acceptors (Lipinski definition) is 4. The van der Waals surface area contributed by atoms with E-state index < -0.39 is 15.7 Å². The second-order valence-corrected chi connectivity index (χ2v) is 8.68. The van der Waals surface area contributed by atoms with Gasteiger partial charge in [0.1, 0.15) is 5.82 Å². The van der Waals surface area contributed by atoms with Gasteiger partial charge in [0, 0.05) is 16.0 Å². The van der Waals surface area contributed by atoms with Crippen LogP contribution >= 0.6 is 11.6 Å². The lowest BCUT2D eigenvalue weighted by atomic mass is 10.1. The molecule has 4 nitrogen and oxygen atoms in total. The van der Waals surface area contributed by atoms with E-state index in [4.69, 9.17) is 16.9 Å². The van der Waals surface area contributed by atoms with Crippen molar-refractivity contribution in [3.63, 3.8) is 0 Å². The van der Waals surface area contributed by atoms with Crippen molar-refractivity contribution in [2.45, 2.75) is 9.79 Å². The zero-order valence-electron chi connectivity index (χ0n) is 14.8. The van der Waals surface area contributed by atoms with E-state index >= 15 is 0 Å². The van der Waals surface area contributed by atoms with Gasteiger partial charge in [-0.3, -0.25) is 0 Å². The summed E-state index contributed by atoms with van der Waals surface area (Å²) in [7, 11) is -4.17. The van der Waals surface area contributed by atoms with Crippen LogP contribution in [0.4, 0.5) is 4.39 Å². The summed E-state index contributed by atoms with van der Waals surface area (Å²) < 4.78 is 40.8. The highest BCUT2D eigenvalue weighted by Gasteiger charge is 2.25. The molecule has 0 unspecified atom stereocenters. The molecule has 0 aliphatic heterocycles. The predicted octanol–water partition coefficient (Wildman–Crippen LogP) is 5.40. The van der Waals surface area contributed by atoms with Crippen LogP contribution < -0.4 is 0 Å². The van der Waals surface area contributed by atoms with Crippen molar-refractivity contribution in [1.82, 2.24) is 4.98 Å². The quantitative estimate of drug-likeness (QED) is 0.443. The average Bonchev–Trinajstić information content (AvgIpc) is 2.72. The Morgan fingerprint density at radius 2 is 1.76 bits per heavy atom. The van der Waals surface area contributed by atoms with E-state index in [0.29, 0.717) is 21.5 Å². The maximum Gasteiger partial charge on any atom is 0.208 e. The maximum absolute atomic E-state index is 13.9. The minimum absolute atomic E-state index is 0.0818. The Hall–Kier alpha value is -3.27. The van der Waals surface area contributed by atoms with Crippen LogP contribution in [-0.2, 0) is 9.84 Å². The molecule has 0 fully saturated rings. The number of benzene rings is 3. The summed E-state index contributed by atoms with van der Waals surface area (Å²) in [6.07, 6.45) is 0. The Morgan fingerprint density at radius 1 is 0.966 bits per heavy atom. The van der Waals surface area contributed by atoms with Crippen molar-refractivity contribution in [2.75, 3.05) is 0 Å². The maximum atomic E-state index is 13.9. The highest BCUT2D eigenvalue weighted by Crippen LogP contribution is 2.34. The molecular formula is C22H12ClFN2O2S. The topological polar surface area (TPSA) is 70.8 Å². The lowest BCUT2D eigenvalue weighted by Crippen LogP contribution is -2.07. The Morgan fingerprint density at radius 3 is 2.52 bits per heavy atom. The number of fused-ring (bicyclic) bond motifs is 1. The van der Waals surface area contributed by atoms with Crippen LogP contribution in [0.25, 0.3) is 22.2 Å². The van der Waals surface area contributed by atoms with Crippen molar-refractivity contribution >= 4 is 32.3 Å². The van der Waals surface area contributed by atoms with Crippen LogP contribution in [0, 0.1) is 17.1 Å². The molecule has 3 aromatic carbocycles. The SMILES string of the molecule is N#Cc1cc(F)cc(S(=O)(=O)c2cc3ccccc3nc2-c2cccc(Cl)c2)c1. The smallest absolute Gasteiger partial charge is 0.208 e. The first-order valence-electron chi connectivity index (χ1n) is 8.50. The summed E-state index contributed by atoms with van der Waals surface area (Å²) in [6.45, 7) is 0. The molecule has 0 saturated carbocycles. The molecule has 0 spiro atoms. The van der Waals surface area contributed by atoms with Crippen molar-refractivity contribution < 1.29 is 12.8 Å². The molecule has 1 heterocycles. The van der Waals surface area contributed by atoms with Gasteiger partial charge in [0.05, 0.1) is 32.6 Å². The summed E-state index contributed by atoms with van der Waals surface area (Å²) in [6, 6.07) is 20.1. The van der Waals surface area contributed by atoms with E-state index in [1.165, 1.54) is 6.07 Å². The van der Waals surface area contributed by atoms with Gasteiger partial charge >= 0.3 is 0 Å². The largest absolute Gasteiger partial charge is 0.246 e. The molecule has 7 heteroatoms. The molecule has 0 atom stereocenters. The summed E-state index contributed by atoms with van der Waals surface area (Å²) in [5.41, 5.74) is 1.24. The highest BCUT2D eigenvalue weighted by molar-refractivity contribution is 7.91. The monoisotopic (exact) mass is 422 g/mol. The van der Waals surface area contributed by atoms with Crippen molar-refractivity contribution in [1.29, 1.82) is 5.26 Å². The average molecular weight is 423 g/mol. The number of halogens is 2. The fourth-order valence-electron chi connectivity index (χ4n) is 3.05. The number of nitriles is 1. The fourth-order valence-corrected chi connectivity index (χ4v) is 4.75. The van der Waals surface area contributed by atoms with Gasteiger partial charge in [0.25, 0.3) is 0 Å². The van der Waals surface area contributed by atoms with Crippen LogP contribution in [0.15, 0.2) is 82.6 Å². The first kappa shape index (κ1) is 19.1. The van der Waals surface area contributed by atoms with Gasteiger partial charge in [0.15, 0.2) is 0 Å². The molecule has 0 aliphatic rings. The molecule has 0 amide bonds. The molecule has 0 radical (unpaired) electrons. The van der Waals surface area contributed by atoms with E-state index in [1.54, 1.807) is 54.6 Å². The minimum Gasteiger partial charge on any atom is -0.246 e. The first-order valence-corrected chi connectivity index (χ1v) is 10.4. The van der Waals surface area contributed by atoms with Gasteiger partial charge in [-0.1, -0.05) is 41.9 Å². The van der Waals surface area contributed by atoms with Crippen LogP contribution in [-0.4, -0.2) is 13.4 Å². The third-order valence-electron chi connectivity index (χ3n) is 4.39. The number of aromatic nitrogens is 1. The second-order valence-electron chi connectivity index (χ2n) is 6.33. The molecule has 29 heavy (non-hydrogen) atoms. The van der Waals surface area contributed by atoms with Gasteiger partial charge in [-0.25, -0.2) is 17.8 Å². The second kappa shape index (κ2) is 7.28. The van der Waals surface area contributed by atoms with Gasteiger partial charge < -0.3 is 0 Å². The Balaban J connectivity index is 2.05. The minimum atomic E-state index is -4.17. The lowest BCUT2D eigenvalue weighted by Gasteiger charge is -2.13. The number of nitrogens with zero attached hydrogens (tertiary/aromatic N) is 2. The van der Waals surface area contributed by atoms with E-state index in [1.807, 2.05) is 0 Å². The number of pyridine rings is 1. The van der Waals surface area contributed by atoms with Gasteiger partial charge in [0.2, 0.25) is 9.84 Å². The summed E-state index contributed by atoms with van der Waals surface area (Å²) in [5, 5.41) is 10.1. The standard InChI is InChI=1S/C22H12ClFN2O2S/c23-17-6-3-5-16(10-17)22-21(11-15-4-1-2-7-20(15)26-22)29(27,28)19-9-14(13-25)8-18(24)12-19/h1-12H. The Labute approximate surface area is 171 Å². The summed E-state index contributed by atoms with van der Waals surface area (Å²) in [5.74, 6) is -0.805. The zero-order chi connectivity index (χ0) is 20.6. The van der Waals surface area contributed by atoms with E-state index in [-0.39, 0.29) is 21.0 Å². The molecule has 0 aliphatic carbocycles. The molecular weight excluding hydrogens is 411 g/mol. The fraction of sp³-hybridized carbons (Fsp3) is 0. The van der Waals surface area contributed by atoms with Crippen molar-refractivity contribution in [2.24, 2.45) is 0 Å². The number of sulfone groups is 1. The number of rotatable bonds is 3. The molecule has 0 saturated heterocycles. The molecule has 1 aromatic heterocycles. The third kappa shape index (κ3) is 3.58. The Bertz CT molecular complexity index is 1410. The molecule has 0 bridgehead atoms. The van der Waals surface area contributed by atoms with E-state index in [9.17, 15) is 12.8 Å². The normalized spacial score (nSPS) is 11.3.